The molecule has 0 aliphatic carbocycles. The number of hydrogen-bond acceptors (Lipinski definition) is 2. The van der Waals surface area contributed by atoms with Crippen LogP contribution in [0.3, 0.4) is 0 Å². The highest BCUT2D eigenvalue weighted by atomic mass is 16.1. The molecule has 0 aliphatic heterocycles. The Labute approximate surface area is 93.8 Å². The molecular weight excluding hydrogens is 188 g/mol. The molecule has 3 nitrogen and oxygen atoms in total. The molecule has 0 fully saturated rings. The topological polar surface area (TPSA) is 55.1 Å². The fraction of sp³-hybridized carbons (Fsp3) is 0.917. The van der Waals surface area contributed by atoms with Crippen LogP contribution in [0.25, 0.3) is 0 Å². The van der Waals surface area contributed by atoms with Gasteiger partial charge in [0.2, 0.25) is 5.91 Å². The van der Waals surface area contributed by atoms with E-state index in [4.69, 9.17) is 5.73 Å². The number of carbonyl (C=O) groups is 1. The van der Waals surface area contributed by atoms with Gasteiger partial charge in [-0.3, -0.25) is 4.79 Å². The number of nitrogens with one attached hydrogen (secondary N) is 1. The summed E-state index contributed by atoms with van der Waals surface area (Å²) in [6, 6.07) is 0.0653. The zero-order valence-electron chi connectivity index (χ0n) is 10.6. The Morgan fingerprint density at radius 2 is 2.00 bits per heavy atom. The van der Waals surface area contributed by atoms with Crippen LogP contribution in [0.15, 0.2) is 0 Å². The van der Waals surface area contributed by atoms with Crippen molar-refractivity contribution in [1.29, 1.82) is 0 Å². The van der Waals surface area contributed by atoms with Gasteiger partial charge in [-0.15, -0.1) is 0 Å². The monoisotopic (exact) mass is 214 g/mol. The van der Waals surface area contributed by atoms with Crippen molar-refractivity contribution in [2.75, 3.05) is 6.54 Å². The molecule has 0 aromatic carbocycles. The summed E-state index contributed by atoms with van der Waals surface area (Å²) in [5.41, 5.74) is 6.15. The van der Waals surface area contributed by atoms with Gasteiger partial charge in [0, 0.05) is 19.0 Å². The van der Waals surface area contributed by atoms with Crippen molar-refractivity contribution in [3.8, 4) is 0 Å². The molecule has 0 spiro atoms. The predicted molar refractivity (Wildman–Crippen MR) is 64.6 cm³/mol. The first-order chi connectivity index (χ1) is 6.85. The second-order valence-electron chi connectivity index (χ2n) is 5.43. The summed E-state index contributed by atoms with van der Waals surface area (Å²) in [6.45, 7) is 9.15. The summed E-state index contributed by atoms with van der Waals surface area (Å²) in [4.78, 5) is 11.3. The van der Waals surface area contributed by atoms with E-state index in [-0.39, 0.29) is 17.4 Å². The fourth-order valence-electron chi connectivity index (χ4n) is 1.53. The number of nitrogens with two attached hydrogens (primary N) is 1. The molecule has 0 heterocycles. The molecule has 0 rings (SSSR count). The molecule has 1 atom stereocenters. The molecule has 0 aromatic rings. The van der Waals surface area contributed by atoms with Crippen LogP contribution in [-0.4, -0.2) is 18.5 Å². The molecule has 90 valence electrons. The van der Waals surface area contributed by atoms with Gasteiger partial charge in [-0.25, -0.2) is 0 Å². The van der Waals surface area contributed by atoms with Crippen LogP contribution in [0.4, 0.5) is 0 Å². The van der Waals surface area contributed by atoms with E-state index in [0.29, 0.717) is 13.0 Å². The molecule has 0 radical (unpaired) electrons. The number of unbranched alkanes of at least 4 members (excludes halogenated alkanes) is 1. The second-order valence-corrected chi connectivity index (χ2v) is 5.43. The Kier molecular flexibility index (Phi) is 6.57. The van der Waals surface area contributed by atoms with E-state index in [9.17, 15) is 4.79 Å². The first kappa shape index (κ1) is 14.4. The maximum atomic E-state index is 11.3. The van der Waals surface area contributed by atoms with Crippen LogP contribution >= 0.6 is 0 Å². The van der Waals surface area contributed by atoms with E-state index < -0.39 is 0 Å². The van der Waals surface area contributed by atoms with E-state index in [0.717, 1.165) is 19.3 Å². The van der Waals surface area contributed by atoms with Gasteiger partial charge in [0.15, 0.2) is 0 Å². The second kappa shape index (κ2) is 6.83. The van der Waals surface area contributed by atoms with Crippen LogP contribution in [0.5, 0.6) is 0 Å². The molecule has 0 aromatic heterocycles. The fourth-order valence-corrected chi connectivity index (χ4v) is 1.53. The summed E-state index contributed by atoms with van der Waals surface area (Å²) >= 11 is 0. The number of rotatable bonds is 6. The van der Waals surface area contributed by atoms with Crippen LogP contribution in [-0.2, 0) is 4.79 Å². The highest BCUT2D eigenvalue weighted by Gasteiger charge is 2.15. The first-order valence-corrected chi connectivity index (χ1v) is 5.87. The van der Waals surface area contributed by atoms with Gasteiger partial charge in [-0.05, 0) is 18.3 Å². The molecular formula is C12H26N2O. The largest absolute Gasteiger partial charge is 0.355 e. The SMILES string of the molecule is CCCCC(=O)NCC(N)CC(C)(C)C. The van der Waals surface area contributed by atoms with Crippen molar-refractivity contribution in [3.05, 3.63) is 0 Å². The van der Waals surface area contributed by atoms with Gasteiger partial charge in [-0.1, -0.05) is 34.1 Å². The predicted octanol–water partition coefficient (Wildman–Crippen LogP) is 2.06. The maximum absolute atomic E-state index is 11.3. The van der Waals surface area contributed by atoms with Gasteiger partial charge >= 0.3 is 0 Å². The third-order valence-corrected chi connectivity index (χ3v) is 2.19. The van der Waals surface area contributed by atoms with Crippen LogP contribution in [0.1, 0.15) is 53.4 Å². The van der Waals surface area contributed by atoms with Gasteiger partial charge in [0.1, 0.15) is 0 Å². The van der Waals surface area contributed by atoms with E-state index in [1.54, 1.807) is 0 Å². The van der Waals surface area contributed by atoms with Gasteiger partial charge in [0.25, 0.3) is 0 Å². The van der Waals surface area contributed by atoms with Gasteiger partial charge in [0.05, 0.1) is 0 Å². The van der Waals surface area contributed by atoms with Crippen molar-refractivity contribution < 1.29 is 4.79 Å². The van der Waals surface area contributed by atoms with Crippen molar-refractivity contribution in [2.24, 2.45) is 11.1 Å². The van der Waals surface area contributed by atoms with E-state index in [1.807, 2.05) is 0 Å². The molecule has 1 unspecified atom stereocenters. The minimum atomic E-state index is 0.0653. The highest BCUT2D eigenvalue weighted by Crippen LogP contribution is 2.19. The molecule has 15 heavy (non-hydrogen) atoms. The summed E-state index contributed by atoms with van der Waals surface area (Å²) in [5, 5.41) is 2.88. The Morgan fingerprint density at radius 3 is 2.47 bits per heavy atom. The lowest BCUT2D eigenvalue weighted by molar-refractivity contribution is -0.121. The summed E-state index contributed by atoms with van der Waals surface area (Å²) in [7, 11) is 0. The van der Waals surface area contributed by atoms with Crippen molar-refractivity contribution in [3.63, 3.8) is 0 Å². The first-order valence-electron chi connectivity index (χ1n) is 5.87. The summed E-state index contributed by atoms with van der Waals surface area (Å²) in [6.07, 6.45) is 3.57. The van der Waals surface area contributed by atoms with E-state index >= 15 is 0 Å². The molecule has 0 saturated heterocycles. The lowest BCUT2D eigenvalue weighted by atomic mass is 9.88. The smallest absolute Gasteiger partial charge is 0.220 e. The molecule has 1 amide bonds. The Bertz CT molecular complexity index is 185. The molecule has 3 heteroatoms. The third-order valence-electron chi connectivity index (χ3n) is 2.19. The van der Waals surface area contributed by atoms with E-state index in [1.165, 1.54) is 0 Å². The molecule has 0 aliphatic rings. The van der Waals surface area contributed by atoms with Crippen LogP contribution < -0.4 is 11.1 Å². The lowest BCUT2D eigenvalue weighted by Crippen LogP contribution is -2.39. The Hall–Kier alpha value is -0.570. The summed E-state index contributed by atoms with van der Waals surface area (Å²) in [5.74, 6) is 0.126. The number of carbonyl (C=O) groups excluding carboxylic acids is 1. The van der Waals surface area contributed by atoms with Crippen molar-refractivity contribution in [1.82, 2.24) is 5.32 Å². The van der Waals surface area contributed by atoms with Crippen molar-refractivity contribution >= 4 is 5.91 Å². The summed E-state index contributed by atoms with van der Waals surface area (Å²) < 4.78 is 0. The van der Waals surface area contributed by atoms with Crippen LogP contribution in [0.2, 0.25) is 0 Å². The molecule has 3 N–H and O–H groups in total. The minimum Gasteiger partial charge on any atom is -0.355 e. The zero-order valence-corrected chi connectivity index (χ0v) is 10.6. The van der Waals surface area contributed by atoms with E-state index in [2.05, 4.69) is 33.0 Å². The van der Waals surface area contributed by atoms with Crippen molar-refractivity contribution in [2.45, 2.75) is 59.4 Å². The maximum Gasteiger partial charge on any atom is 0.220 e. The minimum absolute atomic E-state index is 0.0653. The number of amides is 1. The number of hydrogen-bond donors (Lipinski definition) is 2. The Morgan fingerprint density at radius 1 is 1.40 bits per heavy atom. The van der Waals surface area contributed by atoms with Gasteiger partial charge in [-0.2, -0.15) is 0 Å². The normalized spacial score (nSPS) is 13.7. The molecule has 0 bridgehead atoms. The van der Waals surface area contributed by atoms with Gasteiger partial charge < -0.3 is 11.1 Å². The lowest BCUT2D eigenvalue weighted by Gasteiger charge is -2.23. The quantitative estimate of drug-likeness (QED) is 0.711. The standard InChI is InChI=1S/C12H26N2O/c1-5-6-7-11(15)14-9-10(13)8-12(2,3)4/h10H,5-9,13H2,1-4H3,(H,14,15). The average Bonchev–Trinajstić information content (AvgIpc) is 2.08. The van der Waals surface area contributed by atoms with Crippen LogP contribution in [0, 0.1) is 5.41 Å². The molecule has 0 saturated carbocycles. The highest BCUT2D eigenvalue weighted by molar-refractivity contribution is 5.75. The third kappa shape index (κ3) is 9.73. The average molecular weight is 214 g/mol. The Balaban J connectivity index is 3.62. The zero-order chi connectivity index (χ0) is 11.9.